The van der Waals surface area contributed by atoms with Crippen LogP contribution in [-0.2, 0) is 0 Å². The minimum Gasteiger partial charge on any atom is -0.492 e. The highest BCUT2D eigenvalue weighted by Crippen LogP contribution is 2.24. The third-order valence-electron chi connectivity index (χ3n) is 2.99. The van der Waals surface area contributed by atoms with Gasteiger partial charge in [0.1, 0.15) is 5.75 Å². The summed E-state index contributed by atoms with van der Waals surface area (Å²) in [4.78, 5) is 8.70. The Morgan fingerprint density at radius 3 is 2.89 bits per heavy atom. The number of aryl methyl sites for hydroxylation is 1. The Hall–Kier alpha value is -1.94. The quantitative estimate of drug-likeness (QED) is 0.894. The van der Waals surface area contributed by atoms with E-state index >= 15 is 0 Å². The molecule has 1 unspecified atom stereocenters. The summed E-state index contributed by atoms with van der Waals surface area (Å²) in [6.45, 7) is 4.66. The SMILES string of the molecule is CCOc1cncc(C(NC)c2ncccc2C)c1. The number of nitrogens with one attached hydrogen (secondary N) is 1. The minimum atomic E-state index is 0.0223. The number of rotatable bonds is 5. The average molecular weight is 257 g/mol. The highest BCUT2D eigenvalue weighted by molar-refractivity contribution is 5.34. The molecule has 4 nitrogen and oxygen atoms in total. The van der Waals surface area contributed by atoms with Gasteiger partial charge < -0.3 is 10.1 Å². The number of aromatic nitrogens is 2. The Kier molecular flexibility index (Phi) is 4.47. The van der Waals surface area contributed by atoms with Gasteiger partial charge in [-0.2, -0.15) is 0 Å². The zero-order valence-corrected chi connectivity index (χ0v) is 11.6. The lowest BCUT2D eigenvalue weighted by molar-refractivity contribution is 0.338. The van der Waals surface area contributed by atoms with Crippen molar-refractivity contribution < 1.29 is 4.74 Å². The molecule has 0 saturated heterocycles. The molecule has 2 aromatic rings. The Bertz CT molecular complexity index is 542. The molecule has 0 aliphatic rings. The van der Waals surface area contributed by atoms with Crippen molar-refractivity contribution >= 4 is 0 Å². The first-order valence-corrected chi connectivity index (χ1v) is 6.42. The van der Waals surface area contributed by atoms with Crippen LogP contribution in [0, 0.1) is 6.92 Å². The monoisotopic (exact) mass is 257 g/mol. The van der Waals surface area contributed by atoms with Crippen LogP contribution in [0.2, 0.25) is 0 Å². The number of nitrogens with zero attached hydrogens (tertiary/aromatic N) is 2. The van der Waals surface area contributed by atoms with Crippen molar-refractivity contribution in [2.75, 3.05) is 13.7 Å². The van der Waals surface area contributed by atoms with Crippen molar-refractivity contribution in [3.05, 3.63) is 53.6 Å². The fourth-order valence-corrected chi connectivity index (χ4v) is 2.10. The van der Waals surface area contributed by atoms with Gasteiger partial charge in [0.25, 0.3) is 0 Å². The molecule has 0 amide bonds. The third kappa shape index (κ3) is 3.09. The van der Waals surface area contributed by atoms with Gasteiger partial charge in [-0.05, 0) is 44.2 Å². The Morgan fingerprint density at radius 1 is 1.37 bits per heavy atom. The number of pyridine rings is 2. The topological polar surface area (TPSA) is 47.0 Å². The zero-order valence-electron chi connectivity index (χ0n) is 11.6. The number of ether oxygens (including phenoxy) is 1. The molecule has 0 spiro atoms. The summed E-state index contributed by atoms with van der Waals surface area (Å²) in [7, 11) is 1.92. The second-order valence-corrected chi connectivity index (χ2v) is 4.31. The molecule has 2 heterocycles. The molecule has 4 heteroatoms. The fraction of sp³-hybridized carbons (Fsp3) is 0.333. The van der Waals surface area contributed by atoms with Crippen molar-refractivity contribution in [3.8, 4) is 5.75 Å². The van der Waals surface area contributed by atoms with Crippen LogP contribution < -0.4 is 10.1 Å². The van der Waals surface area contributed by atoms with Gasteiger partial charge in [-0.3, -0.25) is 9.97 Å². The van der Waals surface area contributed by atoms with Crippen LogP contribution in [0.3, 0.4) is 0 Å². The summed E-state index contributed by atoms with van der Waals surface area (Å²) >= 11 is 0. The molecule has 0 radical (unpaired) electrons. The second kappa shape index (κ2) is 6.29. The van der Waals surface area contributed by atoms with Crippen LogP contribution in [-0.4, -0.2) is 23.6 Å². The van der Waals surface area contributed by atoms with Gasteiger partial charge in [-0.25, -0.2) is 0 Å². The predicted octanol–water partition coefficient (Wildman–Crippen LogP) is 2.49. The van der Waals surface area contributed by atoms with Crippen LogP contribution >= 0.6 is 0 Å². The first-order chi connectivity index (χ1) is 9.26. The molecule has 0 aliphatic carbocycles. The van der Waals surface area contributed by atoms with E-state index in [1.807, 2.05) is 38.5 Å². The number of hydrogen-bond donors (Lipinski definition) is 1. The van der Waals surface area contributed by atoms with E-state index in [0.29, 0.717) is 6.61 Å². The van der Waals surface area contributed by atoms with Crippen molar-refractivity contribution in [1.82, 2.24) is 15.3 Å². The maximum absolute atomic E-state index is 5.50. The van der Waals surface area contributed by atoms with Crippen molar-refractivity contribution in [2.45, 2.75) is 19.9 Å². The lowest BCUT2D eigenvalue weighted by Gasteiger charge is -2.18. The van der Waals surface area contributed by atoms with Gasteiger partial charge in [0, 0.05) is 12.4 Å². The van der Waals surface area contributed by atoms with E-state index in [4.69, 9.17) is 4.74 Å². The molecular formula is C15H19N3O. The molecule has 2 rings (SSSR count). The van der Waals surface area contributed by atoms with Gasteiger partial charge in [-0.1, -0.05) is 6.07 Å². The first-order valence-electron chi connectivity index (χ1n) is 6.42. The molecule has 1 atom stereocenters. The first kappa shape index (κ1) is 13.5. The van der Waals surface area contributed by atoms with Crippen LogP contribution in [0.1, 0.15) is 29.8 Å². The maximum atomic E-state index is 5.50. The Balaban J connectivity index is 2.37. The largest absolute Gasteiger partial charge is 0.492 e. The van der Waals surface area contributed by atoms with E-state index in [1.54, 1.807) is 6.20 Å². The van der Waals surface area contributed by atoms with E-state index in [9.17, 15) is 0 Å². The lowest BCUT2D eigenvalue weighted by Crippen LogP contribution is -2.20. The van der Waals surface area contributed by atoms with E-state index in [0.717, 1.165) is 22.6 Å². The van der Waals surface area contributed by atoms with Crippen LogP contribution in [0.25, 0.3) is 0 Å². The highest BCUT2D eigenvalue weighted by Gasteiger charge is 2.16. The van der Waals surface area contributed by atoms with Gasteiger partial charge in [0.05, 0.1) is 24.5 Å². The third-order valence-corrected chi connectivity index (χ3v) is 2.99. The molecule has 0 aliphatic heterocycles. The molecule has 0 fully saturated rings. The molecule has 2 aromatic heterocycles. The summed E-state index contributed by atoms with van der Waals surface area (Å²) in [6.07, 6.45) is 5.38. The molecule has 0 aromatic carbocycles. The second-order valence-electron chi connectivity index (χ2n) is 4.31. The maximum Gasteiger partial charge on any atom is 0.137 e. The Labute approximate surface area is 113 Å². The fourth-order valence-electron chi connectivity index (χ4n) is 2.10. The minimum absolute atomic E-state index is 0.0223. The van der Waals surface area contributed by atoms with Crippen LogP contribution in [0.5, 0.6) is 5.75 Å². The summed E-state index contributed by atoms with van der Waals surface area (Å²) in [5.74, 6) is 0.786. The van der Waals surface area contributed by atoms with E-state index in [-0.39, 0.29) is 6.04 Å². The predicted molar refractivity (Wildman–Crippen MR) is 75.3 cm³/mol. The zero-order chi connectivity index (χ0) is 13.7. The summed E-state index contributed by atoms with van der Waals surface area (Å²) in [5.41, 5.74) is 3.22. The highest BCUT2D eigenvalue weighted by atomic mass is 16.5. The summed E-state index contributed by atoms with van der Waals surface area (Å²) in [6, 6.07) is 6.03. The smallest absolute Gasteiger partial charge is 0.137 e. The van der Waals surface area contributed by atoms with Crippen molar-refractivity contribution in [3.63, 3.8) is 0 Å². The standard InChI is InChI=1S/C15H19N3O/c1-4-19-13-8-12(9-17-10-13)15(16-3)14-11(2)6-5-7-18-14/h5-10,15-16H,4H2,1-3H3. The molecule has 0 bridgehead atoms. The van der Waals surface area contributed by atoms with E-state index < -0.39 is 0 Å². The summed E-state index contributed by atoms with van der Waals surface area (Å²) < 4.78 is 5.50. The normalized spacial score (nSPS) is 12.2. The molecule has 19 heavy (non-hydrogen) atoms. The average Bonchev–Trinajstić information content (AvgIpc) is 2.43. The van der Waals surface area contributed by atoms with E-state index in [2.05, 4.69) is 28.3 Å². The molecule has 0 saturated carbocycles. The lowest BCUT2D eigenvalue weighted by atomic mass is 10.0. The van der Waals surface area contributed by atoms with Crippen molar-refractivity contribution in [1.29, 1.82) is 0 Å². The van der Waals surface area contributed by atoms with E-state index in [1.165, 1.54) is 0 Å². The van der Waals surface area contributed by atoms with Crippen molar-refractivity contribution in [2.24, 2.45) is 0 Å². The van der Waals surface area contributed by atoms with Gasteiger partial charge in [0.15, 0.2) is 0 Å². The van der Waals surface area contributed by atoms with Crippen LogP contribution in [0.15, 0.2) is 36.8 Å². The number of hydrogen-bond acceptors (Lipinski definition) is 4. The summed E-state index contributed by atoms with van der Waals surface area (Å²) in [5, 5.41) is 3.29. The molecule has 1 N–H and O–H groups in total. The van der Waals surface area contributed by atoms with Gasteiger partial charge in [0.2, 0.25) is 0 Å². The van der Waals surface area contributed by atoms with Gasteiger partial charge >= 0.3 is 0 Å². The molecule has 100 valence electrons. The Morgan fingerprint density at radius 2 is 2.21 bits per heavy atom. The molecular weight excluding hydrogens is 238 g/mol. The van der Waals surface area contributed by atoms with Crippen LogP contribution in [0.4, 0.5) is 0 Å². The van der Waals surface area contributed by atoms with Gasteiger partial charge in [-0.15, -0.1) is 0 Å².